The number of aryl methyl sites for hydroxylation is 1. The number of aromatic carboxylic acids is 1. The largest absolute Gasteiger partial charge is 0.478 e. The van der Waals surface area contributed by atoms with Crippen molar-refractivity contribution in [1.29, 1.82) is 0 Å². The Bertz CT molecular complexity index is 1040. The first kappa shape index (κ1) is 21.0. The Hall–Kier alpha value is -2.71. The van der Waals surface area contributed by atoms with Crippen LogP contribution < -0.4 is 0 Å². The quantitative estimate of drug-likeness (QED) is 0.460. The average Bonchev–Trinajstić information content (AvgIpc) is 3.41. The van der Waals surface area contributed by atoms with Gasteiger partial charge < -0.3 is 14.8 Å². The molecule has 0 saturated carbocycles. The first-order valence-corrected chi connectivity index (χ1v) is 11.0. The van der Waals surface area contributed by atoms with Gasteiger partial charge in [-0.25, -0.2) is 14.6 Å². The van der Waals surface area contributed by atoms with Gasteiger partial charge in [0.1, 0.15) is 10.7 Å². The number of aliphatic carboxylic acids is 1. The van der Waals surface area contributed by atoms with Gasteiger partial charge in [-0.3, -0.25) is 0 Å². The van der Waals surface area contributed by atoms with Gasteiger partial charge in [0.25, 0.3) is 0 Å². The molecule has 0 amide bonds. The molecule has 0 aliphatic carbocycles. The van der Waals surface area contributed by atoms with E-state index in [-0.39, 0.29) is 10.5 Å². The van der Waals surface area contributed by atoms with Crippen LogP contribution in [0.4, 0.5) is 0 Å². The third kappa shape index (κ3) is 4.65. The zero-order chi connectivity index (χ0) is 21.0. The van der Waals surface area contributed by atoms with Crippen LogP contribution >= 0.6 is 22.7 Å². The van der Waals surface area contributed by atoms with E-state index >= 15 is 0 Å². The molecule has 0 saturated heterocycles. The van der Waals surface area contributed by atoms with E-state index < -0.39 is 11.9 Å². The summed E-state index contributed by atoms with van der Waals surface area (Å²) in [4.78, 5) is 29.6. The van der Waals surface area contributed by atoms with E-state index in [1.54, 1.807) is 31.3 Å². The molecule has 0 aromatic carbocycles. The standard InChI is InChI=1S/C21H22N2O4S2/c1-3-4-7-18-22-11-15(13(2)19(21(26)27)16-6-5-10-28-16)23(18)12-14-8-9-17(29-14)20(24)25/h5-6,8-11H,3-4,7,12H2,1-2H3,(H,24,25)(H,26,27)/b19-13-. The second kappa shape index (κ2) is 9.19. The molecular weight excluding hydrogens is 408 g/mol. The molecule has 0 aliphatic rings. The maximum atomic E-state index is 12.0. The van der Waals surface area contributed by atoms with Gasteiger partial charge in [0.05, 0.1) is 24.0 Å². The van der Waals surface area contributed by atoms with Crippen LogP contribution in [0.2, 0.25) is 0 Å². The van der Waals surface area contributed by atoms with Crippen molar-refractivity contribution >= 4 is 45.8 Å². The number of carboxylic acid groups (broad SMARTS) is 2. The molecule has 6 nitrogen and oxygen atoms in total. The van der Waals surface area contributed by atoms with Gasteiger partial charge in [-0.1, -0.05) is 19.4 Å². The summed E-state index contributed by atoms with van der Waals surface area (Å²) in [5.41, 5.74) is 1.65. The number of carbonyl (C=O) groups is 2. The first-order valence-electron chi connectivity index (χ1n) is 9.27. The highest BCUT2D eigenvalue weighted by Gasteiger charge is 2.21. The number of unbranched alkanes of at least 4 members (excludes halogenated alkanes) is 1. The molecule has 0 spiro atoms. The molecule has 29 heavy (non-hydrogen) atoms. The highest BCUT2D eigenvalue weighted by Crippen LogP contribution is 2.31. The van der Waals surface area contributed by atoms with Gasteiger partial charge in [0.15, 0.2) is 0 Å². The fourth-order valence-corrected chi connectivity index (χ4v) is 4.81. The predicted octanol–water partition coefficient (Wildman–Crippen LogP) is 5.11. The molecule has 3 rings (SSSR count). The van der Waals surface area contributed by atoms with Crippen molar-refractivity contribution < 1.29 is 19.8 Å². The second-order valence-electron chi connectivity index (χ2n) is 6.60. The zero-order valence-electron chi connectivity index (χ0n) is 16.2. The molecule has 0 atom stereocenters. The van der Waals surface area contributed by atoms with Crippen molar-refractivity contribution in [2.24, 2.45) is 0 Å². The Morgan fingerprint density at radius 1 is 1.17 bits per heavy atom. The SMILES string of the molecule is CCCCc1ncc(/C(C)=C(\C(=O)O)c2cccs2)n1Cc1ccc(C(=O)O)s1. The second-order valence-corrected chi connectivity index (χ2v) is 8.72. The van der Waals surface area contributed by atoms with Gasteiger partial charge in [0.2, 0.25) is 0 Å². The number of imidazole rings is 1. The van der Waals surface area contributed by atoms with Gasteiger partial charge in [0, 0.05) is 16.2 Å². The number of aromatic nitrogens is 2. The lowest BCUT2D eigenvalue weighted by Gasteiger charge is -2.13. The maximum absolute atomic E-state index is 12.0. The number of rotatable bonds is 9. The van der Waals surface area contributed by atoms with E-state index in [0.29, 0.717) is 17.0 Å². The molecule has 0 aliphatic heterocycles. The number of thiophene rings is 2. The summed E-state index contributed by atoms with van der Waals surface area (Å²) in [6.07, 6.45) is 4.50. The molecule has 152 valence electrons. The summed E-state index contributed by atoms with van der Waals surface area (Å²) in [6.45, 7) is 4.37. The van der Waals surface area contributed by atoms with E-state index in [0.717, 1.165) is 35.7 Å². The summed E-state index contributed by atoms with van der Waals surface area (Å²) in [6, 6.07) is 7.04. The van der Waals surface area contributed by atoms with Crippen molar-refractivity contribution in [2.45, 2.75) is 39.7 Å². The number of hydrogen-bond donors (Lipinski definition) is 2. The van der Waals surface area contributed by atoms with Gasteiger partial charge in [-0.15, -0.1) is 22.7 Å². The number of allylic oxidation sites excluding steroid dienone is 1. The number of carboxylic acids is 2. The molecule has 3 heterocycles. The summed E-state index contributed by atoms with van der Waals surface area (Å²) >= 11 is 2.61. The zero-order valence-corrected chi connectivity index (χ0v) is 17.8. The monoisotopic (exact) mass is 430 g/mol. The maximum Gasteiger partial charge on any atom is 0.345 e. The van der Waals surface area contributed by atoms with E-state index in [2.05, 4.69) is 11.9 Å². The van der Waals surface area contributed by atoms with Crippen molar-refractivity contribution in [3.63, 3.8) is 0 Å². The van der Waals surface area contributed by atoms with E-state index in [1.165, 1.54) is 22.7 Å². The molecule has 3 aromatic heterocycles. The average molecular weight is 431 g/mol. The fraction of sp³-hybridized carbons (Fsp3) is 0.286. The van der Waals surface area contributed by atoms with Gasteiger partial charge in [-0.2, -0.15) is 0 Å². The van der Waals surface area contributed by atoms with Crippen LogP contribution in [0.1, 0.15) is 57.6 Å². The molecular formula is C21H22N2O4S2. The van der Waals surface area contributed by atoms with E-state index in [4.69, 9.17) is 0 Å². The predicted molar refractivity (Wildman–Crippen MR) is 116 cm³/mol. The topological polar surface area (TPSA) is 92.4 Å². The molecule has 0 unspecified atom stereocenters. The molecule has 3 aromatic rings. The van der Waals surface area contributed by atoms with Crippen LogP contribution in [0.3, 0.4) is 0 Å². The summed E-state index contributed by atoms with van der Waals surface area (Å²) < 4.78 is 2.01. The fourth-order valence-electron chi connectivity index (χ4n) is 3.16. The van der Waals surface area contributed by atoms with Crippen molar-refractivity contribution in [2.75, 3.05) is 0 Å². The summed E-state index contributed by atoms with van der Waals surface area (Å²) in [5, 5.41) is 20.9. The highest BCUT2D eigenvalue weighted by atomic mass is 32.1. The lowest BCUT2D eigenvalue weighted by atomic mass is 10.1. The minimum atomic E-state index is -0.975. The normalized spacial score (nSPS) is 12.1. The van der Waals surface area contributed by atoms with Crippen molar-refractivity contribution in [1.82, 2.24) is 9.55 Å². The van der Waals surface area contributed by atoms with Gasteiger partial charge in [-0.05, 0) is 42.5 Å². The third-order valence-electron chi connectivity index (χ3n) is 4.62. The minimum Gasteiger partial charge on any atom is -0.478 e. The Morgan fingerprint density at radius 3 is 2.55 bits per heavy atom. The summed E-state index contributed by atoms with van der Waals surface area (Å²) in [5.74, 6) is -1.04. The van der Waals surface area contributed by atoms with Gasteiger partial charge >= 0.3 is 11.9 Å². The smallest absolute Gasteiger partial charge is 0.345 e. The Balaban J connectivity index is 2.08. The lowest BCUT2D eigenvalue weighted by molar-refractivity contribution is -0.130. The summed E-state index contributed by atoms with van der Waals surface area (Å²) in [7, 11) is 0. The third-order valence-corrected chi connectivity index (χ3v) is 6.56. The Kier molecular flexibility index (Phi) is 6.66. The minimum absolute atomic E-state index is 0.264. The van der Waals surface area contributed by atoms with Crippen molar-refractivity contribution in [3.8, 4) is 0 Å². The van der Waals surface area contributed by atoms with Crippen LogP contribution in [0.25, 0.3) is 11.1 Å². The Morgan fingerprint density at radius 2 is 1.97 bits per heavy atom. The highest BCUT2D eigenvalue weighted by molar-refractivity contribution is 7.13. The van der Waals surface area contributed by atoms with Crippen LogP contribution in [0.5, 0.6) is 0 Å². The molecule has 0 fully saturated rings. The molecule has 8 heteroatoms. The van der Waals surface area contributed by atoms with Crippen LogP contribution in [-0.2, 0) is 17.8 Å². The van der Waals surface area contributed by atoms with Crippen LogP contribution in [-0.4, -0.2) is 31.7 Å². The van der Waals surface area contributed by atoms with E-state index in [9.17, 15) is 19.8 Å². The molecule has 0 radical (unpaired) electrons. The Labute approximate surface area is 176 Å². The van der Waals surface area contributed by atoms with Crippen LogP contribution in [0.15, 0.2) is 35.8 Å². The van der Waals surface area contributed by atoms with E-state index in [1.807, 2.05) is 16.0 Å². The molecule has 0 bridgehead atoms. The first-order chi connectivity index (χ1) is 13.9. The van der Waals surface area contributed by atoms with Crippen LogP contribution in [0, 0.1) is 0 Å². The lowest BCUT2D eigenvalue weighted by Crippen LogP contribution is -2.09. The number of nitrogens with zero attached hydrogens (tertiary/aromatic N) is 2. The number of hydrogen-bond acceptors (Lipinski definition) is 5. The van der Waals surface area contributed by atoms with Crippen molar-refractivity contribution in [3.05, 3.63) is 62.0 Å². The molecule has 2 N–H and O–H groups in total.